The number of aromatic nitrogens is 4. The number of fused-ring (bicyclic) bond motifs is 9. The molecule has 8 aromatic carbocycles. The molecule has 0 atom stereocenters. The third-order valence-electron chi connectivity index (χ3n) is 11.9. The molecular formula is C54H34N4O2. The molecule has 12 rings (SSSR count). The van der Waals surface area contributed by atoms with Gasteiger partial charge >= 0.3 is 0 Å². The lowest BCUT2D eigenvalue weighted by Crippen LogP contribution is -2.23. The Hall–Kier alpha value is -8.22. The number of hydrogen-bond donors (Lipinski definition) is 0. The maximum atomic E-state index is 15.3. The van der Waals surface area contributed by atoms with Gasteiger partial charge in [0.25, 0.3) is 11.1 Å². The van der Waals surface area contributed by atoms with Gasteiger partial charge in [0.15, 0.2) is 5.65 Å². The molecule has 0 aliphatic heterocycles. The van der Waals surface area contributed by atoms with Gasteiger partial charge in [-0.15, -0.1) is 0 Å². The van der Waals surface area contributed by atoms with E-state index >= 15 is 9.59 Å². The molecule has 0 bridgehead atoms. The summed E-state index contributed by atoms with van der Waals surface area (Å²) in [6.45, 7) is 0. The van der Waals surface area contributed by atoms with E-state index in [1.807, 2.05) is 94.0 Å². The van der Waals surface area contributed by atoms with Crippen LogP contribution in [0.2, 0.25) is 0 Å². The normalized spacial score (nSPS) is 11.8. The molecule has 0 saturated carbocycles. The van der Waals surface area contributed by atoms with Crippen LogP contribution in [0.5, 0.6) is 0 Å². The quantitative estimate of drug-likeness (QED) is 0.169. The molecule has 4 heterocycles. The van der Waals surface area contributed by atoms with E-state index in [-0.39, 0.29) is 11.1 Å². The van der Waals surface area contributed by atoms with Crippen LogP contribution >= 0.6 is 0 Å². The average molecular weight is 771 g/mol. The highest BCUT2D eigenvalue weighted by Crippen LogP contribution is 2.39. The molecule has 0 unspecified atom stereocenters. The number of benzene rings is 8. The monoisotopic (exact) mass is 770 g/mol. The molecule has 12 aromatic rings. The molecule has 0 fully saturated rings. The Kier molecular flexibility index (Phi) is 7.43. The fraction of sp³-hybridized carbons (Fsp3) is 0. The van der Waals surface area contributed by atoms with Gasteiger partial charge < -0.3 is 4.57 Å². The van der Waals surface area contributed by atoms with Gasteiger partial charge in [0.2, 0.25) is 0 Å². The summed E-state index contributed by atoms with van der Waals surface area (Å²) in [6, 6.07) is 70.4. The van der Waals surface area contributed by atoms with E-state index in [2.05, 4.69) is 126 Å². The van der Waals surface area contributed by atoms with Crippen LogP contribution in [-0.2, 0) is 0 Å². The summed E-state index contributed by atoms with van der Waals surface area (Å²) in [7, 11) is 0. The van der Waals surface area contributed by atoms with Crippen molar-refractivity contribution in [1.82, 2.24) is 18.2 Å². The van der Waals surface area contributed by atoms with Crippen LogP contribution in [0.3, 0.4) is 0 Å². The van der Waals surface area contributed by atoms with E-state index in [0.717, 1.165) is 77.7 Å². The van der Waals surface area contributed by atoms with Crippen molar-refractivity contribution in [3.8, 4) is 55.9 Å². The maximum absolute atomic E-state index is 15.3. The minimum atomic E-state index is -0.370. The molecule has 0 radical (unpaired) electrons. The molecule has 0 amide bonds. The van der Waals surface area contributed by atoms with E-state index < -0.39 is 0 Å². The lowest BCUT2D eigenvalue weighted by Gasteiger charge is -2.11. The lowest BCUT2D eigenvalue weighted by molar-refractivity contribution is 0.826. The second-order valence-electron chi connectivity index (χ2n) is 15.3. The van der Waals surface area contributed by atoms with Crippen LogP contribution in [0.1, 0.15) is 0 Å². The average Bonchev–Trinajstić information content (AvgIpc) is 4.02. The topological polar surface area (TPSA) is 52.8 Å². The zero-order chi connectivity index (χ0) is 39.9. The Morgan fingerprint density at radius 3 is 1.22 bits per heavy atom. The highest BCUT2D eigenvalue weighted by Gasteiger charge is 2.29. The van der Waals surface area contributed by atoms with Crippen LogP contribution in [0.4, 0.5) is 0 Å². The first-order valence-electron chi connectivity index (χ1n) is 20.1. The molecule has 60 heavy (non-hydrogen) atoms. The van der Waals surface area contributed by atoms with Gasteiger partial charge in [-0.2, -0.15) is 4.52 Å². The first-order valence-corrected chi connectivity index (χ1v) is 20.1. The van der Waals surface area contributed by atoms with Gasteiger partial charge in [0.05, 0.1) is 16.4 Å². The third kappa shape index (κ3) is 5.01. The van der Waals surface area contributed by atoms with Crippen LogP contribution in [0, 0.1) is 0 Å². The van der Waals surface area contributed by atoms with Crippen molar-refractivity contribution < 1.29 is 0 Å². The fourth-order valence-electron chi connectivity index (χ4n) is 9.22. The molecule has 0 N–H and O–H groups in total. The molecular weight excluding hydrogens is 737 g/mol. The van der Waals surface area contributed by atoms with Gasteiger partial charge in [0, 0.05) is 22.1 Å². The van der Waals surface area contributed by atoms with Gasteiger partial charge in [-0.3, -0.25) is 14.2 Å². The Labute approximate surface area is 343 Å². The van der Waals surface area contributed by atoms with Crippen molar-refractivity contribution in [2.75, 3.05) is 0 Å². The van der Waals surface area contributed by atoms with Crippen molar-refractivity contribution in [2.24, 2.45) is 0 Å². The Morgan fingerprint density at radius 1 is 0.300 bits per heavy atom. The summed E-state index contributed by atoms with van der Waals surface area (Å²) in [6.07, 6.45) is 0. The van der Waals surface area contributed by atoms with E-state index in [0.29, 0.717) is 22.1 Å². The minimum Gasteiger partial charge on any atom is -0.303 e. The van der Waals surface area contributed by atoms with Crippen molar-refractivity contribution in [1.29, 1.82) is 0 Å². The Bertz CT molecular complexity index is 3730. The molecule has 4 aromatic heterocycles. The summed E-state index contributed by atoms with van der Waals surface area (Å²) >= 11 is 0. The third-order valence-corrected chi connectivity index (χ3v) is 11.9. The largest absolute Gasteiger partial charge is 0.303 e. The molecule has 0 aliphatic rings. The summed E-state index contributed by atoms with van der Waals surface area (Å²) < 4.78 is 7.44. The second kappa shape index (κ2) is 13.2. The number of nitrogens with zero attached hydrogens (tertiary/aromatic N) is 4. The molecule has 282 valence electrons. The van der Waals surface area contributed by atoms with Crippen LogP contribution in [-0.4, -0.2) is 18.2 Å². The molecule has 0 aliphatic carbocycles. The first-order chi connectivity index (χ1) is 29.6. The Balaban J connectivity index is 1.25. The van der Waals surface area contributed by atoms with Gasteiger partial charge in [0.1, 0.15) is 11.0 Å². The number of rotatable bonds is 6. The van der Waals surface area contributed by atoms with Gasteiger partial charge in [-0.05, 0) is 93.0 Å². The predicted octanol–water partition coefficient (Wildman–Crippen LogP) is 12.1. The van der Waals surface area contributed by atoms with E-state index in [4.69, 9.17) is 0 Å². The minimum absolute atomic E-state index is 0.351. The number of hydrogen-bond acceptors (Lipinski definition) is 2. The van der Waals surface area contributed by atoms with Crippen molar-refractivity contribution in [3.05, 3.63) is 227 Å². The van der Waals surface area contributed by atoms with Crippen LogP contribution in [0.25, 0.3) is 99.8 Å². The van der Waals surface area contributed by atoms with Crippen LogP contribution in [0.15, 0.2) is 216 Å². The van der Waals surface area contributed by atoms with E-state index in [9.17, 15) is 0 Å². The summed E-state index contributed by atoms with van der Waals surface area (Å²) in [5.74, 6) is 0. The second-order valence-corrected chi connectivity index (χ2v) is 15.3. The smallest absolute Gasteiger partial charge is 0.299 e. The Morgan fingerprint density at radius 2 is 0.717 bits per heavy atom. The highest BCUT2D eigenvalue weighted by atomic mass is 16.2. The van der Waals surface area contributed by atoms with Crippen molar-refractivity contribution >= 4 is 43.9 Å². The summed E-state index contributed by atoms with van der Waals surface area (Å²) in [5.41, 5.74) is 12.9. The molecule has 0 spiro atoms. The summed E-state index contributed by atoms with van der Waals surface area (Å²) in [4.78, 5) is 30.5. The van der Waals surface area contributed by atoms with Crippen LogP contribution < -0.4 is 11.1 Å². The zero-order valence-corrected chi connectivity index (χ0v) is 32.2. The maximum Gasteiger partial charge on any atom is 0.299 e. The standard InChI is InChI=1S/C54H34N4O2/c59-53-49-45-33-41(37-19-9-3-10-20-37)27-29-47(45)56(44-26-14-24-40(32-44)36-17-7-2-8-18-36)52(49)57-50-46-34-42(38-21-11-4-12-22-38)28-30-48(46)55(51(50)54(60)58(53)57)43-25-13-23-39(31-43)35-15-5-1-6-16-35/h1-34H. The predicted molar refractivity (Wildman–Crippen MR) is 245 cm³/mol. The summed E-state index contributed by atoms with van der Waals surface area (Å²) in [5, 5.41) is 2.15. The van der Waals surface area contributed by atoms with Gasteiger partial charge in [-0.1, -0.05) is 158 Å². The van der Waals surface area contributed by atoms with Gasteiger partial charge in [-0.25, -0.2) is 4.52 Å². The molecule has 6 nitrogen and oxygen atoms in total. The fourth-order valence-corrected chi connectivity index (χ4v) is 9.22. The van der Waals surface area contributed by atoms with Crippen molar-refractivity contribution in [2.45, 2.75) is 0 Å². The highest BCUT2D eigenvalue weighted by molar-refractivity contribution is 6.14. The lowest BCUT2D eigenvalue weighted by atomic mass is 10.0. The van der Waals surface area contributed by atoms with E-state index in [1.54, 1.807) is 0 Å². The SMILES string of the molecule is O=c1c2c3cc(-c4ccccc4)ccc3n(-c3cccc(-c4ccccc4)c3)c2n2c3c4cc(-c5ccccc5)ccc4n(-c4cccc(-c5ccccc5)c4)c3c(=O)n12. The van der Waals surface area contributed by atoms with E-state index in [1.165, 1.54) is 4.52 Å². The zero-order valence-electron chi connectivity index (χ0n) is 32.2. The first kappa shape index (κ1) is 33.9. The molecule has 6 heteroatoms. The molecule has 0 saturated heterocycles. The van der Waals surface area contributed by atoms with Crippen molar-refractivity contribution in [3.63, 3.8) is 0 Å².